The number of esters is 1. The van der Waals surface area contributed by atoms with Crippen LogP contribution in [0, 0.1) is 17.0 Å². The molecule has 0 saturated carbocycles. The minimum atomic E-state index is -0.909. The number of carbonyl (C=O) groups excluding carboxylic acids is 1. The highest BCUT2D eigenvalue weighted by Gasteiger charge is 2.35. The molecule has 3 aromatic heterocycles. The monoisotopic (exact) mass is 535 g/mol. The molecule has 0 aliphatic carbocycles. The topological polar surface area (TPSA) is 117 Å². The Balaban J connectivity index is 1.70. The van der Waals surface area contributed by atoms with Gasteiger partial charge in [-0.05, 0) is 56.0 Å². The number of nitro groups is 1. The van der Waals surface area contributed by atoms with Gasteiger partial charge in [-0.2, -0.15) is 0 Å². The van der Waals surface area contributed by atoms with Gasteiger partial charge in [0.05, 0.1) is 27.3 Å². The van der Waals surface area contributed by atoms with E-state index in [0.29, 0.717) is 32.1 Å². The Hall–Kier alpha value is -4.09. The standard InChI is InChI=1S/C26H21N3O6S2/c1-4-34-25(31)22-15(3)27-26-28(24(30)21(37-26)13-17-6-5-11-36-17)23(22)20-10-9-19(35-20)18-12-16(29(32)33)8-7-14(18)2/h5-13,23H,4H2,1-3H3/b21-13-/t23-/m1/s1. The lowest BCUT2D eigenvalue weighted by molar-refractivity contribution is -0.384. The number of hydrogen-bond donors (Lipinski definition) is 0. The second kappa shape index (κ2) is 9.75. The number of thiazole rings is 1. The summed E-state index contributed by atoms with van der Waals surface area (Å²) in [5, 5.41) is 13.2. The number of ether oxygens (including phenoxy) is 1. The maximum Gasteiger partial charge on any atom is 0.338 e. The molecule has 1 aliphatic heterocycles. The van der Waals surface area contributed by atoms with Crippen molar-refractivity contribution in [3.63, 3.8) is 0 Å². The van der Waals surface area contributed by atoms with Crippen LogP contribution in [-0.2, 0) is 9.53 Å². The molecular weight excluding hydrogens is 514 g/mol. The van der Waals surface area contributed by atoms with E-state index in [1.54, 1.807) is 38.1 Å². The van der Waals surface area contributed by atoms with Crippen molar-refractivity contribution in [3.05, 3.63) is 105 Å². The number of rotatable bonds is 6. The zero-order valence-corrected chi connectivity index (χ0v) is 21.7. The van der Waals surface area contributed by atoms with Gasteiger partial charge in [-0.3, -0.25) is 19.5 Å². The quantitative estimate of drug-likeness (QED) is 0.206. The zero-order valence-electron chi connectivity index (χ0n) is 20.1. The molecule has 4 heterocycles. The zero-order chi connectivity index (χ0) is 26.3. The number of fused-ring (bicyclic) bond motifs is 1. The summed E-state index contributed by atoms with van der Waals surface area (Å²) in [6, 6.07) is 10.8. The fourth-order valence-corrected chi connectivity index (χ4v) is 5.97. The van der Waals surface area contributed by atoms with Crippen molar-refractivity contribution in [3.8, 4) is 11.3 Å². The summed E-state index contributed by atoms with van der Waals surface area (Å²) in [4.78, 5) is 43.4. The minimum Gasteiger partial charge on any atom is -0.463 e. The van der Waals surface area contributed by atoms with Gasteiger partial charge in [-0.25, -0.2) is 9.79 Å². The van der Waals surface area contributed by atoms with Gasteiger partial charge in [0.2, 0.25) is 0 Å². The number of non-ortho nitro benzene ring substituents is 1. The number of thiophene rings is 1. The van der Waals surface area contributed by atoms with Crippen LogP contribution in [0.25, 0.3) is 17.4 Å². The molecule has 11 heteroatoms. The summed E-state index contributed by atoms with van der Waals surface area (Å²) in [6.45, 7) is 5.38. The second-order valence-electron chi connectivity index (χ2n) is 8.28. The molecule has 5 rings (SSSR count). The molecular formula is C26H21N3O6S2. The van der Waals surface area contributed by atoms with E-state index in [2.05, 4.69) is 4.99 Å². The smallest absolute Gasteiger partial charge is 0.338 e. The highest BCUT2D eigenvalue weighted by Crippen LogP contribution is 2.36. The summed E-state index contributed by atoms with van der Waals surface area (Å²) in [5.41, 5.74) is 1.59. The van der Waals surface area contributed by atoms with Gasteiger partial charge in [0.25, 0.3) is 11.2 Å². The number of allylic oxidation sites excluding steroid dienone is 1. The van der Waals surface area contributed by atoms with Gasteiger partial charge in [0.15, 0.2) is 4.80 Å². The third kappa shape index (κ3) is 4.47. The summed E-state index contributed by atoms with van der Waals surface area (Å²) in [7, 11) is 0. The number of aryl methyl sites for hydroxylation is 1. The van der Waals surface area contributed by atoms with Crippen LogP contribution in [0.2, 0.25) is 0 Å². The first-order chi connectivity index (χ1) is 17.8. The van der Waals surface area contributed by atoms with Crippen LogP contribution in [0.1, 0.15) is 36.1 Å². The Morgan fingerprint density at radius 1 is 1.27 bits per heavy atom. The fraction of sp³-hybridized carbons (Fsp3) is 0.192. The van der Waals surface area contributed by atoms with E-state index in [1.165, 1.54) is 39.4 Å². The largest absolute Gasteiger partial charge is 0.463 e. The Kier molecular flexibility index (Phi) is 6.48. The lowest BCUT2D eigenvalue weighted by Crippen LogP contribution is -2.39. The van der Waals surface area contributed by atoms with Crippen molar-refractivity contribution in [2.45, 2.75) is 26.8 Å². The highest BCUT2D eigenvalue weighted by molar-refractivity contribution is 7.11. The van der Waals surface area contributed by atoms with E-state index >= 15 is 0 Å². The Bertz CT molecular complexity index is 1740. The maximum atomic E-state index is 13.6. The first kappa shape index (κ1) is 24.6. The van der Waals surface area contributed by atoms with Gasteiger partial charge in [0.1, 0.15) is 17.6 Å². The van der Waals surface area contributed by atoms with Crippen molar-refractivity contribution < 1.29 is 18.9 Å². The molecule has 9 nitrogen and oxygen atoms in total. The van der Waals surface area contributed by atoms with Crippen molar-refractivity contribution >= 4 is 40.4 Å². The molecule has 0 saturated heterocycles. The number of hydrogen-bond acceptors (Lipinski definition) is 9. The van der Waals surface area contributed by atoms with Gasteiger partial charge in [-0.15, -0.1) is 11.3 Å². The summed E-state index contributed by atoms with van der Waals surface area (Å²) in [5.74, 6) is 0.113. The molecule has 0 fully saturated rings. The van der Waals surface area contributed by atoms with Crippen LogP contribution >= 0.6 is 22.7 Å². The number of nitrogens with zero attached hydrogens (tertiary/aromatic N) is 3. The molecule has 4 aromatic rings. The Morgan fingerprint density at radius 2 is 2.08 bits per heavy atom. The summed E-state index contributed by atoms with van der Waals surface area (Å²) in [6.07, 6.45) is 1.80. The average molecular weight is 536 g/mol. The van der Waals surface area contributed by atoms with Crippen LogP contribution in [0.4, 0.5) is 5.69 Å². The number of aromatic nitrogens is 1. The van der Waals surface area contributed by atoms with Crippen LogP contribution in [-0.4, -0.2) is 22.1 Å². The van der Waals surface area contributed by atoms with Crippen molar-refractivity contribution in [1.82, 2.24) is 4.57 Å². The molecule has 0 amide bonds. The average Bonchev–Trinajstić information content (AvgIpc) is 3.60. The SMILES string of the molecule is CCOC(=O)C1=C(C)N=c2s/c(=C\c3cccs3)c(=O)n2[C@@H]1c1ccc(-c2cc([N+](=O)[O-])ccc2C)o1. The number of benzene rings is 1. The maximum absolute atomic E-state index is 13.6. The van der Waals surface area contributed by atoms with Gasteiger partial charge in [-0.1, -0.05) is 23.5 Å². The Labute approximate surface area is 218 Å². The van der Waals surface area contributed by atoms with E-state index in [4.69, 9.17) is 9.15 Å². The molecule has 0 bridgehead atoms. The number of furan rings is 1. The molecule has 188 valence electrons. The van der Waals surface area contributed by atoms with E-state index in [1.807, 2.05) is 24.4 Å². The van der Waals surface area contributed by atoms with Crippen molar-refractivity contribution in [2.24, 2.45) is 4.99 Å². The van der Waals surface area contributed by atoms with E-state index in [-0.39, 0.29) is 23.4 Å². The van der Waals surface area contributed by atoms with Gasteiger partial charge < -0.3 is 9.15 Å². The number of carbonyl (C=O) groups is 1. The minimum absolute atomic E-state index is 0.0666. The normalized spacial score (nSPS) is 15.4. The highest BCUT2D eigenvalue weighted by atomic mass is 32.1. The summed E-state index contributed by atoms with van der Waals surface area (Å²) >= 11 is 2.74. The van der Waals surface area contributed by atoms with E-state index < -0.39 is 16.9 Å². The van der Waals surface area contributed by atoms with Crippen LogP contribution in [0.5, 0.6) is 0 Å². The molecule has 0 unspecified atom stereocenters. The first-order valence-corrected chi connectivity index (χ1v) is 13.1. The van der Waals surface area contributed by atoms with E-state index in [9.17, 15) is 19.7 Å². The lowest BCUT2D eigenvalue weighted by atomic mass is 10.0. The fourth-order valence-electron chi connectivity index (χ4n) is 4.20. The van der Waals surface area contributed by atoms with Crippen LogP contribution in [0.15, 0.2) is 73.3 Å². The third-order valence-electron chi connectivity index (χ3n) is 5.93. The molecule has 37 heavy (non-hydrogen) atoms. The second-order valence-corrected chi connectivity index (χ2v) is 10.3. The predicted octanol–water partition coefficient (Wildman–Crippen LogP) is 4.34. The molecule has 0 radical (unpaired) electrons. The van der Waals surface area contributed by atoms with Gasteiger partial charge >= 0.3 is 5.97 Å². The van der Waals surface area contributed by atoms with Gasteiger partial charge in [0, 0.05) is 22.6 Å². The molecule has 1 aliphatic rings. The predicted molar refractivity (Wildman–Crippen MR) is 140 cm³/mol. The van der Waals surface area contributed by atoms with Crippen molar-refractivity contribution in [2.75, 3.05) is 6.61 Å². The van der Waals surface area contributed by atoms with E-state index in [0.717, 1.165) is 10.4 Å². The molecule has 1 aromatic carbocycles. The number of nitro benzene ring substituents is 1. The molecule has 0 N–H and O–H groups in total. The molecule has 0 spiro atoms. The van der Waals surface area contributed by atoms with Crippen molar-refractivity contribution in [1.29, 1.82) is 0 Å². The molecule has 1 atom stereocenters. The van der Waals surface area contributed by atoms with Crippen LogP contribution in [0.3, 0.4) is 0 Å². The first-order valence-electron chi connectivity index (χ1n) is 11.4. The lowest BCUT2D eigenvalue weighted by Gasteiger charge is -2.22. The Morgan fingerprint density at radius 3 is 2.78 bits per heavy atom. The third-order valence-corrected chi connectivity index (χ3v) is 7.73. The summed E-state index contributed by atoms with van der Waals surface area (Å²) < 4.78 is 13.4. The van der Waals surface area contributed by atoms with Crippen LogP contribution < -0.4 is 14.9 Å².